The van der Waals surface area contributed by atoms with Crippen molar-refractivity contribution in [2.24, 2.45) is 35.5 Å². The summed E-state index contributed by atoms with van der Waals surface area (Å²) in [5.41, 5.74) is -2.65. The second-order valence-electron chi connectivity index (χ2n) is 26.0. The van der Waals surface area contributed by atoms with Crippen molar-refractivity contribution in [2.75, 3.05) is 47.3 Å². The third kappa shape index (κ3) is 34.6. The minimum atomic E-state index is -0.846. The summed E-state index contributed by atoms with van der Waals surface area (Å²) in [6.07, 6.45) is 4.35. The van der Waals surface area contributed by atoms with Crippen LogP contribution in [0, 0.1) is 35.5 Å². The molecule has 3 aliphatic rings. The van der Waals surface area contributed by atoms with Crippen molar-refractivity contribution in [1.82, 2.24) is 24.9 Å². The maximum Gasteiger partial charge on any atom is 0.410 e. The Labute approximate surface area is 517 Å². The number of aliphatic carboxylic acids is 1. The molecule has 5 atom stereocenters. The number of ether oxygens (including phenoxy) is 5. The molecule has 3 rings (SSSR count). The van der Waals surface area contributed by atoms with Crippen molar-refractivity contribution in [3.63, 3.8) is 0 Å². The van der Waals surface area contributed by atoms with E-state index < -0.39 is 70.1 Å². The van der Waals surface area contributed by atoms with Crippen molar-refractivity contribution in [1.29, 1.82) is 0 Å². The lowest BCUT2D eigenvalue weighted by Gasteiger charge is -2.33. The lowest BCUT2D eigenvalue weighted by atomic mass is 9.99. The SMILES string of the molecule is CC(C)(C)OC(=O)N1CC[C@H](C(=O)O)C1.CC(C)[C@@H](C(=O)OC(C)(C)C)N(C)C(=O)C1CCCC1.CC(C)[C@@H](C(=O)OC(C)(C)C)N(C)C(=O)[C@H]1CCN(C(=O)OC(C)(C)C)C1.CN[C@H](C(=O)OC(C)(C)C)C(C)C.S.S.S.S.S. The number of carbonyl (C=O) groups excluding carboxylic acids is 7. The number of carboxylic acid groups (broad SMARTS) is 1. The van der Waals surface area contributed by atoms with Crippen LogP contribution in [0.4, 0.5) is 9.59 Å². The fourth-order valence-electron chi connectivity index (χ4n) is 8.50. The number of nitrogens with zero attached hydrogens (tertiary/aromatic N) is 4. The summed E-state index contributed by atoms with van der Waals surface area (Å²) in [6, 6.07) is -1.37. The molecule has 1 saturated carbocycles. The highest BCUT2D eigenvalue weighted by Gasteiger charge is 2.41. The Morgan fingerprint density at radius 3 is 1.00 bits per heavy atom. The first kappa shape index (κ1) is 88.3. The maximum atomic E-state index is 13.0. The van der Waals surface area contributed by atoms with E-state index in [0.29, 0.717) is 32.5 Å². The molecule has 0 aromatic carbocycles. The number of hydrogen-bond donors (Lipinski definition) is 2. The van der Waals surface area contributed by atoms with Crippen LogP contribution in [-0.4, -0.2) is 166 Å². The first-order chi connectivity index (χ1) is 33.8. The molecule has 0 bridgehead atoms. The van der Waals surface area contributed by atoms with Crippen molar-refractivity contribution in [3.05, 3.63) is 0 Å². The third-order valence-corrected chi connectivity index (χ3v) is 11.8. The Kier molecular flexibility index (Phi) is 42.1. The van der Waals surface area contributed by atoms with Crippen LogP contribution >= 0.6 is 67.5 Å². The summed E-state index contributed by atoms with van der Waals surface area (Å²) in [6.45, 7) is 40.5. The highest BCUT2D eigenvalue weighted by atomic mass is 32.1. The van der Waals surface area contributed by atoms with Crippen LogP contribution in [0.1, 0.15) is 184 Å². The largest absolute Gasteiger partial charge is 0.481 e. The van der Waals surface area contributed by atoms with Gasteiger partial charge in [0, 0.05) is 46.2 Å². The molecule has 19 nitrogen and oxygen atoms in total. The normalized spacial score (nSPS) is 17.3. The monoisotopic (exact) mass is 1240 g/mol. The third-order valence-electron chi connectivity index (χ3n) is 11.8. The first-order valence-corrected chi connectivity index (χ1v) is 26.9. The zero-order valence-electron chi connectivity index (χ0n) is 53.3. The molecular formula is C56H113N5O14S5. The van der Waals surface area contributed by atoms with E-state index in [0.717, 1.165) is 25.7 Å². The molecule has 2 N–H and O–H groups in total. The predicted octanol–water partition coefficient (Wildman–Crippen LogP) is 9.53. The van der Waals surface area contributed by atoms with E-state index >= 15 is 0 Å². The molecule has 24 heteroatoms. The topological polar surface area (TPSA) is 228 Å². The number of likely N-dealkylation sites (N-methyl/N-ethyl adjacent to an activating group) is 3. The predicted molar refractivity (Wildman–Crippen MR) is 341 cm³/mol. The quantitative estimate of drug-likeness (QED) is 0.137. The number of hydrogen-bond acceptors (Lipinski definition) is 14. The van der Waals surface area contributed by atoms with Crippen LogP contribution in [-0.2, 0) is 52.5 Å². The van der Waals surface area contributed by atoms with Crippen LogP contribution in [0.15, 0.2) is 0 Å². The van der Waals surface area contributed by atoms with E-state index in [1.54, 1.807) is 72.5 Å². The van der Waals surface area contributed by atoms with Crippen LogP contribution in [0.2, 0.25) is 0 Å². The Hall–Kier alpha value is -2.93. The molecule has 0 unspecified atom stereocenters. The molecule has 1 aliphatic carbocycles. The number of carbonyl (C=O) groups is 8. The van der Waals surface area contributed by atoms with E-state index in [-0.39, 0.29) is 133 Å². The van der Waals surface area contributed by atoms with Gasteiger partial charge in [0.25, 0.3) is 0 Å². The molecule has 0 aromatic rings. The summed E-state index contributed by atoms with van der Waals surface area (Å²) < 4.78 is 26.7. The fraction of sp³-hybridized carbons (Fsp3) is 0.857. The molecule has 2 heterocycles. The van der Waals surface area contributed by atoms with Crippen LogP contribution in [0.25, 0.3) is 0 Å². The maximum absolute atomic E-state index is 13.0. The van der Waals surface area contributed by atoms with Gasteiger partial charge in [-0.25, -0.2) is 19.2 Å². The molecule has 0 aromatic heterocycles. The van der Waals surface area contributed by atoms with E-state index in [4.69, 9.17) is 28.8 Å². The second-order valence-corrected chi connectivity index (χ2v) is 26.0. The van der Waals surface area contributed by atoms with Crippen molar-refractivity contribution < 1.29 is 67.1 Å². The number of nitrogens with one attached hydrogen (secondary N) is 1. The lowest BCUT2D eigenvalue weighted by molar-refractivity contribution is -0.167. The summed E-state index contributed by atoms with van der Waals surface area (Å²) in [7, 11) is 5.14. The van der Waals surface area contributed by atoms with Crippen molar-refractivity contribution >= 4 is 115 Å². The van der Waals surface area contributed by atoms with Crippen molar-refractivity contribution in [2.45, 2.75) is 230 Å². The van der Waals surface area contributed by atoms with Gasteiger partial charge in [-0.05, 0) is 154 Å². The molecular weight excluding hydrogens is 1130 g/mol. The Bertz CT molecular complexity index is 1890. The van der Waals surface area contributed by atoms with E-state index in [2.05, 4.69) is 5.32 Å². The van der Waals surface area contributed by atoms with Gasteiger partial charge in [-0.1, -0.05) is 54.4 Å². The van der Waals surface area contributed by atoms with E-state index in [1.165, 1.54) is 9.80 Å². The van der Waals surface area contributed by atoms with Crippen LogP contribution < -0.4 is 5.32 Å². The minimum Gasteiger partial charge on any atom is -0.481 e. The summed E-state index contributed by atoms with van der Waals surface area (Å²) in [4.78, 5) is 102. The van der Waals surface area contributed by atoms with Gasteiger partial charge in [0.1, 0.15) is 46.1 Å². The summed E-state index contributed by atoms with van der Waals surface area (Å²) >= 11 is 0. The Balaban J connectivity index is -0.000000232. The molecule has 80 heavy (non-hydrogen) atoms. The minimum absolute atomic E-state index is 0. The molecule has 0 spiro atoms. The molecule has 4 amide bonds. The zero-order chi connectivity index (χ0) is 58.9. The molecule has 2 saturated heterocycles. The molecule has 0 radical (unpaired) electrons. The van der Waals surface area contributed by atoms with Gasteiger partial charge in [0.2, 0.25) is 11.8 Å². The van der Waals surface area contributed by atoms with Crippen LogP contribution in [0.3, 0.4) is 0 Å². The van der Waals surface area contributed by atoms with Gasteiger partial charge in [-0.3, -0.25) is 19.2 Å². The molecule has 3 fully saturated rings. The summed E-state index contributed by atoms with van der Waals surface area (Å²) in [5.74, 6) is -2.29. The van der Waals surface area contributed by atoms with Gasteiger partial charge in [0.05, 0.1) is 11.8 Å². The standard InChI is InChI=1S/C20H36N2O5.C16H29NO3.C10H17NO4.C10H21NO2.5H2S/c1-13(2)15(17(24)26-19(3,4)5)21(9)16(23)14-10-11-22(12-14)18(25)27-20(6,7)8;1-11(2)13(15(19)20-16(3,4)5)17(6)14(18)12-9-7-8-10-12;1-10(2,3)15-9(14)11-5-4-7(6-11)8(12)13;1-7(2)8(11-6)9(12)13-10(3,4)5;;;;;/h13-15H,10-12H2,1-9H3;11-13H,7-10H2,1-6H3;7H,4-6H2,1-3H3,(H,12,13);7-8,11H,1-6H3;5*1H2/t14-,15-;13-;7-;8-;;;;;/m0000...../s1. The number of carboxylic acids is 1. The zero-order valence-corrected chi connectivity index (χ0v) is 58.3. The van der Waals surface area contributed by atoms with Gasteiger partial charge >= 0.3 is 36.1 Å². The average molecular weight is 1240 g/mol. The number of rotatable bonds is 12. The molecule has 2 aliphatic heterocycles. The van der Waals surface area contributed by atoms with E-state index in [1.807, 2.05) is 104 Å². The smallest absolute Gasteiger partial charge is 0.410 e. The fourth-order valence-corrected chi connectivity index (χ4v) is 8.50. The van der Waals surface area contributed by atoms with Crippen molar-refractivity contribution in [3.8, 4) is 0 Å². The summed E-state index contributed by atoms with van der Waals surface area (Å²) in [5, 5.41) is 11.7. The first-order valence-electron chi connectivity index (χ1n) is 26.9. The lowest BCUT2D eigenvalue weighted by Crippen LogP contribution is -2.50. The second kappa shape index (κ2) is 38.1. The number of esters is 3. The van der Waals surface area contributed by atoms with E-state index in [9.17, 15) is 38.4 Å². The van der Waals surface area contributed by atoms with Gasteiger partial charge in [-0.15, -0.1) is 0 Å². The molecule has 476 valence electrons. The van der Waals surface area contributed by atoms with Gasteiger partial charge < -0.3 is 53.7 Å². The number of amides is 4. The highest BCUT2D eigenvalue weighted by molar-refractivity contribution is 7.60. The number of likely N-dealkylation sites (tertiary alicyclic amines) is 2. The average Bonchev–Trinajstić information content (AvgIpc) is 4.01. The van der Waals surface area contributed by atoms with Crippen LogP contribution in [0.5, 0.6) is 0 Å². The highest BCUT2D eigenvalue weighted by Crippen LogP contribution is 2.29. The van der Waals surface area contributed by atoms with Gasteiger partial charge in [0.15, 0.2) is 0 Å². The Morgan fingerprint density at radius 2 is 0.738 bits per heavy atom. The van der Waals surface area contributed by atoms with Gasteiger partial charge in [-0.2, -0.15) is 67.5 Å². The Morgan fingerprint density at radius 1 is 0.450 bits per heavy atom.